The predicted octanol–water partition coefficient (Wildman–Crippen LogP) is 4.19. The Bertz CT molecular complexity index is 1250. The van der Waals surface area contributed by atoms with Crippen molar-refractivity contribution in [1.29, 1.82) is 0 Å². The number of halogens is 6. The van der Waals surface area contributed by atoms with Crippen molar-refractivity contribution >= 4 is 55.2 Å². The quantitative estimate of drug-likeness (QED) is 0.169. The molecule has 0 fully saturated rings. The zero-order valence-electron chi connectivity index (χ0n) is 14.0. The van der Waals surface area contributed by atoms with Gasteiger partial charge in [0, 0.05) is 22.1 Å². The van der Waals surface area contributed by atoms with E-state index in [1.165, 1.54) is 19.1 Å². The second kappa shape index (κ2) is 7.44. The fraction of sp³-hybridized carbons (Fsp3) is 0.0625. The normalized spacial score (nSPS) is 11.7. The van der Waals surface area contributed by atoms with Crippen LogP contribution >= 0.6 is 22.6 Å². The third-order valence-electron chi connectivity index (χ3n) is 3.70. The number of nitrogens with one attached hydrogen (secondary N) is 2. The van der Waals surface area contributed by atoms with Crippen molar-refractivity contribution < 1.29 is 39.3 Å². The minimum absolute atomic E-state index is 0.0435. The van der Waals surface area contributed by atoms with E-state index < -0.39 is 55.8 Å². The van der Waals surface area contributed by atoms with Crippen LogP contribution in [0.2, 0.25) is 0 Å². The van der Waals surface area contributed by atoms with Gasteiger partial charge < -0.3 is 14.5 Å². The molecule has 0 spiro atoms. The van der Waals surface area contributed by atoms with Crippen LogP contribution in [0, 0.1) is 32.7 Å². The number of fused-ring (bicyclic) bond motifs is 1. The SMILES string of the molecule is CC(=O)Nc1c(I)ccc2c(S(=O)(=O)Oc3c(F)c(F)c(F)c(F)c3F)c[nH]c12. The highest BCUT2D eigenvalue weighted by atomic mass is 127. The van der Waals surface area contributed by atoms with Crippen LogP contribution in [0.1, 0.15) is 6.92 Å². The standard InChI is InChI=1S/C16H8F5IN2O4S/c1-5(25)24-15-7(22)3-2-6-8(4-23-14(6)15)29(26,27)28-16-12(20)10(18)9(17)11(19)13(16)21/h2-4,23H,1H3,(H,24,25). The third kappa shape index (κ3) is 3.63. The first-order valence-electron chi connectivity index (χ1n) is 7.48. The second-order valence-electron chi connectivity index (χ2n) is 5.62. The number of aromatic nitrogens is 1. The van der Waals surface area contributed by atoms with Gasteiger partial charge in [-0.25, -0.2) is 13.2 Å². The lowest BCUT2D eigenvalue weighted by atomic mass is 10.2. The average Bonchev–Trinajstić information content (AvgIpc) is 3.09. The van der Waals surface area contributed by atoms with E-state index in [4.69, 9.17) is 0 Å². The predicted molar refractivity (Wildman–Crippen MR) is 99.4 cm³/mol. The van der Waals surface area contributed by atoms with Crippen molar-refractivity contribution in [2.75, 3.05) is 5.32 Å². The van der Waals surface area contributed by atoms with Crippen LogP contribution < -0.4 is 9.50 Å². The van der Waals surface area contributed by atoms with Crippen LogP contribution in [0.4, 0.5) is 27.6 Å². The minimum atomic E-state index is -5.03. The molecule has 2 N–H and O–H groups in total. The zero-order chi connectivity index (χ0) is 21.7. The van der Waals surface area contributed by atoms with E-state index in [1.807, 2.05) is 22.6 Å². The number of anilines is 1. The van der Waals surface area contributed by atoms with Gasteiger partial charge in [-0.15, -0.1) is 0 Å². The highest BCUT2D eigenvalue weighted by molar-refractivity contribution is 14.1. The van der Waals surface area contributed by atoms with E-state index in [-0.39, 0.29) is 16.6 Å². The van der Waals surface area contributed by atoms with Crippen LogP contribution in [-0.4, -0.2) is 19.3 Å². The molecular formula is C16H8F5IN2O4S. The summed E-state index contributed by atoms with van der Waals surface area (Å²) in [6, 6.07) is 2.76. The van der Waals surface area contributed by atoms with Gasteiger partial charge in [0.2, 0.25) is 40.7 Å². The summed E-state index contributed by atoms with van der Waals surface area (Å²) in [4.78, 5) is 13.3. The molecule has 0 saturated heterocycles. The summed E-state index contributed by atoms with van der Waals surface area (Å²) in [6.07, 6.45) is 0.896. The molecule has 0 aliphatic carbocycles. The molecular weight excluding hydrogens is 538 g/mol. The van der Waals surface area contributed by atoms with E-state index in [9.17, 15) is 35.2 Å². The molecule has 1 heterocycles. The summed E-state index contributed by atoms with van der Waals surface area (Å²) in [5.74, 6) is -14.4. The number of carbonyl (C=O) groups excluding carboxylic acids is 1. The van der Waals surface area contributed by atoms with Crippen LogP contribution in [0.15, 0.2) is 23.2 Å². The maximum atomic E-state index is 13.8. The molecule has 0 atom stereocenters. The number of rotatable bonds is 4. The maximum Gasteiger partial charge on any atom is 0.341 e. The Balaban J connectivity index is 2.15. The monoisotopic (exact) mass is 546 g/mol. The van der Waals surface area contributed by atoms with Crippen molar-refractivity contribution in [3.05, 3.63) is 51.0 Å². The Kier molecular flexibility index (Phi) is 5.46. The molecule has 1 amide bonds. The number of hydrogen-bond acceptors (Lipinski definition) is 4. The molecule has 0 aliphatic heterocycles. The van der Waals surface area contributed by atoms with Crippen molar-refractivity contribution in [1.82, 2.24) is 4.98 Å². The first kappa shape index (κ1) is 21.3. The van der Waals surface area contributed by atoms with Gasteiger partial charge >= 0.3 is 10.1 Å². The molecule has 0 aliphatic rings. The Hall–Kier alpha value is -2.42. The Morgan fingerprint density at radius 1 is 1.03 bits per heavy atom. The Morgan fingerprint density at radius 2 is 1.59 bits per heavy atom. The fourth-order valence-corrected chi connectivity index (χ4v) is 4.15. The van der Waals surface area contributed by atoms with Gasteiger partial charge in [0.15, 0.2) is 0 Å². The molecule has 13 heteroatoms. The van der Waals surface area contributed by atoms with Gasteiger partial charge in [-0.1, -0.05) is 6.07 Å². The van der Waals surface area contributed by atoms with Crippen molar-refractivity contribution in [2.24, 2.45) is 0 Å². The van der Waals surface area contributed by atoms with Gasteiger partial charge in [0.25, 0.3) is 0 Å². The second-order valence-corrected chi connectivity index (χ2v) is 8.29. The van der Waals surface area contributed by atoms with Crippen molar-refractivity contribution in [3.63, 3.8) is 0 Å². The van der Waals surface area contributed by atoms with E-state index >= 15 is 0 Å². The lowest BCUT2D eigenvalue weighted by molar-refractivity contribution is -0.114. The molecule has 154 valence electrons. The summed E-state index contributed by atoms with van der Waals surface area (Å²) in [5, 5.41) is 2.45. The maximum absolute atomic E-state index is 13.8. The number of carbonyl (C=O) groups is 1. The summed E-state index contributed by atoms with van der Waals surface area (Å²) in [6.45, 7) is 1.22. The van der Waals surface area contributed by atoms with Crippen LogP contribution in [0.25, 0.3) is 10.9 Å². The van der Waals surface area contributed by atoms with Crippen LogP contribution in [0.5, 0.6) is 5.75 Å². The highest BCUT2D eigenvalue weighted by Gasteiger charge is 2.32. The smallest absolute Gasteiger partial charge is 0.341 e. The topological polar surface area (TPSA) is 88.3 Å². The average molecular weight is 546 g/mol. The van der Waals surface area contributed by atoms with Gasteiger partial charge in [-0.05, 0) is 28.7 Å². The molecule has 1 aromatic heterocycles. The number of hydrogen-bond donors (Lipinski definition) is 2. The van der Waals surface area contributed by atoms with Gasteiger partial charge in [-0.2, -0.15) is 17.2 Å². The van der Waals surface area contributed by atoms with Crippen molar-refractivity contribution in [3.8, 4) is 5.75 Å². The first-order chi connectivity index (χ1) is 13.5. The summed E-state index contributed by atoms with van der Waals surface area (Å²) >= 11 is 1.88. The Labute approximate surface area is 173 Å². The molecule has 6 nitrogen and oxygen atoms in total. The molecule has 0 saturated carbocycles. The molecule has 0 unspecified atom stereocenters. The fourth-order valence-electron chi connectivity index (χ4n) is 2.47. The lowest BCUT2D eigenvalue weighted by Crippen LogP contribution is -2.14. The zero-order valence-corrected chi connectivity index (χ0v) is 17.0. The number of H-pyrrole nitrogens is 1. The van der Waals surface area contributed by atoms with Crippen LogP contribution in [0.3, 0.4) is 0 Å². The van der Waals surface area contributed by atoms with E-state index in [2.05, 4.69) is 14.5 Å². The Morgan fingerprint density at radius 3 is 2.14 bits per heavy atom. The molecule has 3 aromatic rings. The number of amides is 1. The molecule has 29 heavy (non-hydrogen) atoms. The highest BCUT2D eigenvalue weighted by Crippen LogP contribution is 2.35. The third-order valence-corrected chi connectivity index (χ3v) is 5.86. The van der Waals surface area contributed by atoms with E-state index in [0.29, 0.717) is 3.57 Å². The number of benzene rings is 2. The van der Waals surface area contributed by atoms with Gasteiger partial charge in [0.1, 0.15) is 4.90 Å². The van der Waals surface area contributed by atoms with E-state index in [1.54, 1.807) is 0 Å². The molecule has 3 rings (SSSR count). The summed E-state index contributed by atoms with van der Waals surface area (Å²) in [7, 11) is -5.03. The number of aromatic amines is 1. The van der Waals surface area contributed by atoms with Crippen LogP contribution in [-0.2, 0) is 14.9 Å². The first-order valence-corrected chi connectivity index (χ1v) is 9.97. The minimum Gasteiger partial charge on any atom is -0.372 e. The largest absolute Gasteiger partial charge is 0.372 e. The van der Waals surface area contributed by atoms with Gasteiger partial charge in [0.05, 0.1) is 11.2 Å². The molecule has 2 aromatic carbocycles. The van der Waals surface area contributed by atoms with E-state index in [0.717, 1.165) is 6.20 Å². The molecule has 0 radical (unpaired) electrons. The molecule has 0 bridgehead atoms. The lowest BCUT2D eigenvalue weighted by Gasteiger charge is -2.10. The summed E-state index contributed by atoms with van der Waals surface area (Å²) in [5.41, 5.74) is 0.375. The van der Waals surface area contributed by atoms with Gasteiger partial charge in [-0.3, -0.25) is 4.79 Å². The summed E-state index contributed by atoms with van der Waals surface area (Å²) < 4.78 is 97.1. The van der Waals surface area contributed by atoms with Crippen molar-refractivity contribution in [2.45, 2.75) is 11.8 Å².